The average Bonchev–Trinajstić information content (AvgIpc) is 2.68. The molecule has 0 bridgehead atoms. The summed E-state index contributed by atoms with van der Waals surface area (Å²) in [5.41, 5.74) is 1.76. The summed E-state index contributed by atoms with van der Waals surface area (Å²) in [4.78, 5) is 0. The smallest absolute Gasteiger partial charge is 0.0587 e. The van der Waals surface area contributed by atoms with Gasteiger partial charge in [-0.15, -0.1) is 0 Å². The van der Waals surface area contributed by atoms with Crippen LogP contribution < -0.4 is 10.6 Å². The van der Waals surface area contributed by atoms with E-state index in [0.717, 1.165) is 36.9 Å². The minimum absolute atomic E-state index is 0.550. The van der Waals surface area contributed by atoms with Crippen LogP contribution in [-0.2, 0) is 4.74 Å². The second kappa shape index (κ2) is 7.04. The minimum Gasteiger partial charge on any atom is -0.383 e. The van der Waals surface area contributed by atoms with Gasteiger partial charge in [0.1, 0.15) is 0 Å². The highest BCUT2D eigenvalue weighted by atomic mass is 16.5. The van der Waals surface area contributed by atoms with Gasteiger partial charge in [-0.1, -0.05) is 27.2 Å². The van der Waals surface area contributed by atoms with Crippen molar-refractivity contribution in [2.45, 2.75) is 78.2 Å². The van der Waals surface area contributed by atoms with E-state index in [1.165, 1.54) is 64.5 Å². The molecule has 2 N–H and O–H groups in total. The number of hydrogen-bond acceptors (Lipinski definition) is 3. The molecule has 3 unspecified atom stereocenters. The molecule has 26 heavy (non-hydrogen) atoms. The maximum absolute atomic E-state index is 5.20. The van der Waals surface area contributed by atoms with Gasteiger partial charge in [0.25, 0.3) is 0 Å². The summed E-state index contributed by atoms with van der Waals surface area (Å²) in [6.07, 6.45) is 11.6. The number of ether oxygens (including phenoxy) is 1. The predicted molar refractivity (Wildman–Crippen MR) is 108 cm³/mol. The third-order valence-corrected chi connectivity index (χ3v) is 9.38. The number of hydrogen-bond donors (Lipinski definition) is 2. The molecule has 6 atom stereocenters. The summed E-state index contributed by atoms with van der Waals surface area (Å²) < 4.78 is 5.20. The van der Waals surface area contributed by atoms with Gasteiger partial charge in [-0.3, -0.25) is 0 Å². The van der Waals surface area contributed by atoms with Gasteiger partial charge in [0.05, 0.1) is 6.61 Å². The molecule has 0 amide bonds. The Balaban J connectivity index is 1.51. The number of rotatable bonds is 5. The maximum atomic E-state index is 5.20. The third-order valence-electron chi connectivity index (χ3n) is 9.38. The summed E-state index contributed by atoms with van der Waals surface area (Å²) in [6, 6.07) is 0.784. The Morgan fingerprint density at radius 2 is 1.88 bits per heavy atom. The van der Waals surface area contributed by atoms with Gasteiger partial charge in [-0.2, -0.15) is 0 Å². The summed E-state index contributed by atoms with van der Waals surface area (Å²) in [5, 5.41) is 7.54. The van der Waals surface area contributed by atoms with E-state index in [0.29, 0.717) is 16.2 Å². The molecule has 1 spiro atoms. The largest absolute Gasteiger partial charge is 0.383 e. The third kappa shape index (κ3) is 2.97. The van der Waals surface area contributed by atoms with Gasteiger partial charge in [-0.05, 0) is 80.1 Å². The van der Waals surface area contributed by atoms with Crippen molar-refractivity contribution in [3.8, 4) is 0 Å². The van der Waals surface area contributed by atoms with Crippen LogP contribution in [0.4, 0.5) is 0 Å². The summed E-state index contributed by atoms with van der Waals surface area (Å²) in [7, 11) is 1.79. The average molecular weight is 363 g/mol. The molecule has 0 radical (unpaired) electrons. The SMILES string of the molecule is COCCNCC1CCC2[C@@]3(C)CCCC(C)(C)C3CC[C@]23CN[C@@H]3C1. The molecule has 1 heterocycles. The fourth-order valence-corrected chi connectivity index (χ4v) is 8.14. The lowest BCUT2D eigenvalue weighted by Crippen LogP contribution is -2.71. The van der Waals surface area contributed by atoms with Crippen molar-refractivity contribution >= 4 is 0 Å². The zero-order valence-electron chi connectivity index (χ0n) is 17.7. The molecule has 3 heteroatoms. The molecule has 3 nitrogen and oxygen atoms in total. The Labute approximate surface area is 161 Å². The molecule has 4 aliphatic rings. The van der Waals surface area contributed by atoms with Crippen LogP contribution in [0.2, 0.25) is 0 Å². The molecule has 1 saturated heterocycles. The molecular formula is C23H42N2O. The molecule has 0 aromatic carbocycles. The molecule has 4 fully saturated rings. The van der Waals surface area contributed by atoms with Crippen LogP contribution in [0, 0.1) is 34.0 Å². The molecule has 4 rings (SSSR count). The molecule has 3 aliphatic carbocycles. The number of fused-ring (bicyclic) bond motifs is 2. The van der Waals surface area contributed by atoms with Crippen molar-refractivity contribution in [3.63, 3.8) is 0 Å². The van der Waals surface area contributed by atoms with Crippen molar-refractivity contribution in [1.29, 1.82) is 0 Å². The minimum atomic E-state index is 0.550. The quantitative estimate of drug-likeness (QED) is 0.718. The molecular weight excluding hydrogens is 320 g/mol. The van der Waals surface area contributed by atoms with E-state index in [-0.39, 0.29) is 0 Å². The first kappa shape index (κ1) is 19.2. The zero-order chi connectivity index (χ0) is 18.4. The monoisotopic (exact) mass is 362 g/mol. The molecule has 150 valence electrons. The van der Waals surface area contributed by atoms with Crippen LogP contribution in [0.25, 0.3) is 0 Å². The zero-order valence-corrected chi connectivity index (χ0v) is 17.7. The maximum Gasteiger partial charge on any atom is 0.0587 e. The Morgan fingerprint density at radius 3 is 2.62 bits per heavy atom. The van der Waals surface area contributed by atoms with Crippen LogP contribution in [0.15, 0.2) is 0 Å². The van der Waals surface area contributed by atoms with Crippen molar-refractivity contribution in [3.05, 3.63) is 0 Å². The highest BCUT2D eigenvalue weighted by Crippen LogP contribution is 2.68. The van der Waals surface area contributed by atoms with Crippen molar-refractivity contribution in [1.82, 2.24) is 10.6 Å². The normalized spacial score (nSPS) is 47.1. The van der Waals surface area contributed by atoms with E-state index in [9.17, 15) is 0 Å². The summed E-state index contributed by atoms with van der Waals surface area (Å²) in [6.45, 7) is 12.1. The van der Waals surface area contributed by atoms with E-state index in [1.807, 2.05) is 0 Å². The molecule has 0 aromatic heterocycles. The van der Waals surface area contributed by atoms with Gasteiger partial charge >= 0.3 is 0 Å². The first-order chi connectivity index (χ1) is 12.4. The highest BCUT2D eigenvalue weighted by molar-refractivity contribution is 5.16. The predicted octanol–water partition coefficient (Wildman–Crippen LogP) is 4.22. The van der Waals surface area contributed by atoms with Crippen LogP contribution in [0.3, 0.4) is 0 Å². The Kier molecular flexibility index (Phi) is 5.20. The van der Waals surface area contributed by atoms with Gasteiger partial charge in [0, 0.05) is 31.7 Å². The lowest BCUT2D eigenvalue weighted by Gasteiger charge is -2.68. The van der Waals surface area contributed by atoms with Gasteiger partial charge in [-0.25, -0.2) is 0 Å². The van der Waals surface area contributed by atoms with Crippen LogP contribution >= 0.6 is 0 Å². The fourth-order valence-electron chi connectivity index (χ4n) is 8.14. The fraction of sp³-hybridized carbons (Fsp3) is 1.00. The first-order valence-corrected chi connectivity index (χ1v) is 11.4. The molecule has 3 saturated carbocycles. The van der Waals surface area contributed by atoms with E-state index in [4.69, 9.17) is 4.74 Å². The second-order valence-electron chi connectivity index (χ2n) is 11.0. The lowest BCUT2D eigenvalue weighted by molar-refractivity contribution is -0.167. The van der Waals surface area contributed by atoms with Crippen molar-refractivity contribution in [2.24, 2.45) is 34.0 Å². The van der Waals surface area contributed by atoms with E-state index in [2.05, 4.69) is 31.4 Å². The Bertz CT molecular complexity index is 506. The van der Waals surface area contributed by atoms with Gasteiger partial charge in [0.15, 0.2) is 0 Å². The van der Waals surface area contributed by atoms with Crippen molar-refractivity contribution in [2.75, 3.05) is 33.4 Å². The van der Waals surface area contributed by atoms with Gasteiger partial charge < -0.3 is 15.4 Å². The highest BCUT2D eigenvalue weighted by Gasteiger charge is 2.64. The summed E-state index contributed by atoms with van der Waals surface area (Å²) in [5.74, 6) is 2.73. The molecule has 1 aliphatic heterocycles. The van der Waals surface area contributed by atoms with E-state index >= 15 is 0 Å². The first-order valence-electron chi connectivity index (χ1n) is 11.4. The Hall–Kier alpha value is -0.120. The van der Waals surface area contributed by atoms with Gasteiger partial charge in [0.2, 0.25) is 0 Å². The number of nitrogens with one attached hydrogen (secondary N) is 2. The molecule has 0 aromatic rings. The topological polar surface area (TPSA) is 33.3 Å². The second-order valence-corrected chi connectivity index (χ2v) is 11.0. The van der Waals surface area contributed by atoms with Crippen LogP contribution in [-0.4, -0.2) is 39.4 Å². The van der Waals surface area contributed by atoms with Crippen LogP contribution in [0.1, 0.15) is 72.1 Å². The Morgan fingerprint density at radius 1 is 1.04 bits per heavy atom. The van der Waals surface area contributed by atoms with Crippen molar-refractivity contribution < 1.29 is 4.74 Å². The summed E-state index contributed by atoms with van der Waals surface area (Å²) >= 11 is 0. The number of methoxy groups -OCH3 is 1. The van der Waals surface area contributed by atoms with Crippen LogP contribution in [0.5, 0.6) is 0 Å². The van der Waals surface area contributed by atoms with E-state index < -0.39 is 0 Å². The van der Waals surface area contributed by atoms with E-state index in [1.54, 1.807) is 7.11 Å². The lowest BCUT2D eigenvalue weighted by atomic mass is 9.40. The standard InChI is InChI=1S/C23H42N2O/c1-21(2)9-5-10-22(3)18(21)8-11-23-16-25-20(23)14-17(6-7-19(22)23)15-24-12-13-26-4/h17-20,24-25H,5-16H2,1-4H3/t17?,18?,19?,20-,22+,23+/m1/s1.